The van der Waals surface area contributed by atoms with Gasteiger partial charge in [0, 0.05) is 43.9 Å². The Morgan fingerprint density at radius 3 is 3.00 bits per heavy atom. The van der Waals surface area contributed by atoms with E-state index in [1.165, 1.54) is 0 Å². The molecule has 25 heavy (non-hydrogen) atoms. The van der Waals surface area contributed by atoms with Gasteiger partial charge in [-0.2, -0.15) is 4.98 Å². The molecule has 1 fully saturated rings. The lowest BCUT2D eigenvalue weighted by Gasteiger charge is -2.15. The van der Waals surface area contributed by atoms with Crippen LogP contribution in [0, 0.1) is 5.92 Å². The van der Waals surface area contributed by atoms with E-state index in [0.717, 1.165) is 5.56 Å². The Kier molecular flexibility index (Phi) is 5.09. The molecule has 0 radical (unpaired) electrons. The van der Waals surface area contributed by atoms with Crippen LogP contribution in [-0.4, -0.2) is 53.2 Å². The Bertz CT molecular complexity index is 837. The zero-order valence-corrected chi connectivity index (χ0v) is 14.4. The first-order chi connectivity index (χ1) is 11.9. The quantitative estimate of drug-likeness (QED) is 0.773. The van der Waals surface area contributed by atoms with E-state index >= 15 is 0 Å². The van der Waals surface area contributed by atoms with Gasteiger partial charge in [0.15, 0.2) is 0 Å². The Morgan fingerprint density at radius 2 is 2.28 bits per heavy atom. The highest BCUT2D eigenvalue weighted by atomic mass is 32.2. The second-order valence-corrected chi connectivity index (χ2v) is 7.74. The minimum absolute atomic E-state index is 0.0574. The van der Waals surface area contributed by atoms with Crippen LogP contribution in [0.25, 0.3) is 11.4 Å². The summed E-state index contributed by atoms with van der Waals surface area (Å²) in [6.07, 6.45) is 4.51. The summed E-state index contributed by atoms with van der Waals surface area (Å²) in [6, 6.07) is 3.60. The number of pyridine rings is 1. The SMILES string of the molecule is NS(=O)(=O)C[C@@H]1CCN(C(=O)CCc2nc(-c3cccnc3)no2)C1. The van der Waals surface area contributed by atoms with E-state index in [-0.39, 0.29) is 24.0 Å². The van der Waals surface area contributed by atoms with Crippen LogP contribution in [0.4, 0.5) is 0 Å². The number of sulfonamides is 1. The lowest BCUT2D eigenvalue weighted by atomic mass is 10.2. The molecule has 0 saturated carbocycles. The third-order valence-electron chi connectivity index (χ3n) is 4.05. The summed E-state index contributed by atoms with van der Waals surface area (Å²) < 4.78 is 27.4. The molecule has 0 unspecified atom stereocenters. The molecule has 0 aliphatic carbocycles. The summed E-state index contributed by atoms with van der Waals surface area (Å²) in [4.78, 5) is 22.2. The average molecular weight is 365 g/mol. The molecular formula is C15H19N5O4S. The fourth-order valence-corrected chi connectivity index (χ4v) is 3.79. The highest BCUT2D eigenvalue weighted by Gasteiger charge is 2.28. The fraction of sp³-hybridized carbons (Fsp3) is 0.467. The van der Waals surface area contributed by atoms with E-state index in [2.05, 4.69) is 15.1 Å². The zero-order valence-electron chi connectivity index (χ0n) is 13.5. The second-order valence-electron chi connectivity index (χ2n) is 6.08. The van der Waals surface area contributed by atoms with Gasteiger partial charge in [0.05, 0.1) is 5.75 Å². The van der Waals surface area contributed by atoms with E-state index in [1.807, 2.05) is 6.07 Å². The van der Waals surface area contributed by atoms with E-state index < -0.39 is 10.0 Å². The molecule has 1 saturated heterocycles. The molecule has 0 bridgehead atoms. The molecular weight excluding hydrogens is 346 g/mol. The molecule has 1 aliphatic heterocycles. The van der Waals surface area contributed by atoms with Crippen LogP contribution in [0.2, 0.25) is 0 Å². The Hall–Kier alpha value is -2.33. The number of primary sulfonamides is 1. The monoisotopic (exact) mass is 365 g/mol. The van der Waals surface area contributed by atoms with Crippen molar-refractivity contribution in [2.24, 2.45) is 11.1 Å². The van der Waals surface area contributed by atoms with Gasteiger partial charge in [-0.05, 0) is 24.5 Å². The molecule has 2 aromatic heterocycles. The summed E-state index contributed by atoms with van der Waals surface area (Å²) in [5, 5.41) is 8.94. The lowest BCUT2D eigenvalue weighted by molar-refractivity contribution is -0.130. The van der Waals surface area contributed by atoms with Crippen molar-refractivity contribution < 1.29 is 17.7 Å². The maximum atomic E-state index is 12.3. The Morgan fingerprint density at radius 1 is 1.44 bits per heavy atom. The number of nitrogens with zero attached hydrogens (tertiary/aromatic N) is 4. The van der Waals surface area contributed by atoms with Crippen molar-refractivity contribution in [3.05, 3.63) is 30.4 Å². The summed E-state index contributed by atoms with van der Waals surface area (Å²) in [6.45, 7) is 0.962. The van der Waals surface area contributed by atoms with Gasteiger partial charge in [-0.3, -0.25) is 9.78 Å². The van der Waals surface area contributed by atoms with Crippen molar-refractivity contribution in [2.45, 2.75) is 19.3 Å². The van der Waals surface area contributed by atoms with Crippen molar-refractivity contribution >= 4 is 15.9 Å². The topological polar surface area (TPSA) is 132 Å². The van der Waals surface area contributed by atoms with Crippen LogP contribution in [-0.2, 0) is 21.2 Å². The number of aryl methyl sites for hydroxylation is 1. The first kappa shape index (κ1) is 17.5. The van der Waals surface area contributed by atoms with Gasteiger partial charge in [-0.25, -0.2) is 13.6 Å². The molecule has 1 aliphatic rings. The number of carbonyl (C=O) groups excluding carboxylic acids is 1. The van der Waals surface area contributed by atoms with Gasteiger partial charge in [0.25, 0.3) is 0 Å². The van der Waals surface area contributed by atoms with Gasteiger partial charge >= 0.3 is 0 Å². The molecule has 0 aromatic carbocycles. The summed E-state index contributed by atoms with van der Waals surface area (Å²) in [5.41, 5.74) is 0.745. The molecule has 1 amide bonds. The number of carbonyl (C=O) groups is 1. The predicted molar refractivity (Wildman–Crippen MR) is 88.5 cm³/mol. The maximum Gasteiger partial charge on any atom is 0.227 e. The first-order valence-electron chi connectivity index (χ1n) is 7.92. The first-order valence-corrected chi connectivity index (χ1v) is 9.63. The number of rotatable bonds is 6. The fourth-order valence-electron chi connectivity index (χ4n) is 2.86. The van der Waals surface area contributed by atoms with E-state index in [4.69, 9.17) is 9.66 Å². The van der Waals surface area contributed by atoms with Gasteiger partial charge in [-0.15, -0.1) is 0 Å². The van der Waals surface area contributed by atoms with E-state index in [9.17, 15) is 13.2 Å². The van der Waals surface area contributed by atoms with Crippen molar-refractivity contribution in [3.8, 4) is 11.4 Å². The lowest BCUT2D eigenvalue weighted by Crippen LogP contribution is -2.31. The minimum atomic E-state index is -3.51. The minimum Gasteiger partial charge on any atom is -0.342 e. The summed E-state index contributed by atoms with van der Waals surface area (Å²) in [7, 11) is -3.51. The van der Waals surface area contributed by atoms with Gasteiger partial charge in [0.1, 0.15) is 0 Å². The average Bonchev–Trinajstić information content (AvgIpc) is 3.21. The number of hydrogen-bond acceptors (Lipinski definition) is 7. The molecule has 134 valence electrons. The summed E-state index contributed by atoms with van der Waals surface area (Å²) in [5.74, 6) is 0.574. The van der Waals surface area contributed by atoms with Crippen LogP contribution in [0.5, 0.6) is 0 Å². The summed E-state index contributed by atoms with van der Waals surface area (Å²) >= 11 is 0. The molecule has 3 heterocycles. The van der Waals surface area contributed by atoms with Crippen LogP contribution >= 0.6 is 0 Å². The van der Waals surface area contributed by atoms with Crippen LogP contribution in [0.3, 0.4) is 0 Å². The molecule has 1 atom stereocenters. The standard InChI is InChI=1S/C15H19N5O4S/c16-25(22,23)10-11-5-7-20(9-11)14(21)4-3-13-18-15(19-24-13)12-2-1-6-17-8-12/h1-2,6,8,11H,3-5,7,9-10H2,(H2,16,22,23)/t11-/m1/s1. The highest BCUT2D eigenvalue weighted by molar-refractivity contribution is 7.89. The third kappa shape index (κ3) is 4.83. The van der Waals surface area contributed by atoms with Gasteiger partial charge in [-0.1, -0.05) is 5.16 Å². The van der Waals surface area contributed by atoms with Gasteiger partial charge < -0.3 is 9.42 Å². The molecule has 3 rings (SSSR count). The van der Waals surface area contributed by atoms with E-state index in [0.29, 0.717) is 37.6 Å². The van der Waals surface area contributed by atoms with Crippen molar-refractivity contribution in [1.82, 2.24) is 20.0 Å². The second kappa shape index (κ2) is 7.28. The third-order valence-corrected chi connectivity index (χ3v) is 4.98. The van der Waals surface area contributed by atoms with Crippen molar-refractivity contribution in [3.63, 3.8) is 0 Å². The van der Waals surface area contributed by atoms with Crippen molar-refractivity contribution in [2.75, 3.05) is 18.8 Å². The predicted octanol–water partition coefficient (Wildman–Crippen LogP) is 0.201. The van der Waals surface area contributed by atoms with Crippen LogP contribution in [0.15, 0.2) is 29.0 Å². The number of likely N-dealkylation sites (tertiary alicyclic amines) is 1. The van der Waals surface area contributed by atoms with E-state index in [1.54, 1.807) is 23.4 Å². The number of aromatic nitrogens is 3. The molecule has 0 spiro atoms. The zero-order chi connectivity index (χ0) is 17.9. The Balaban J connectivity index is 1.51. The normalized spacial score (nSPS) is 17.8. The van der Waals surface area contributed by atoms with Gasteiger partial charge in [0.2, 0.25) is 27.6 Å². The number of nitrogens with two attached hydrogens (primary N) is 1. The van der Waals surface area contributed by atoms with Crippen LogP contribution in [0.1, 0.15) is 18.7 Å². The Labute approximate surface area is 145 Å². The molecule has 2 N–H and O–H groups in total. The molecule has 10 heteroatoms. The van der Waals surface area contributed by atoms with Crippen LogP contribution < -0.4 is 5.14 Å². The largest absolute Gasteiger partial charge is 0.342 e. The smallest absolute Gasteiger partial charge is 0.227 e. The highest BCUT2D eigenvalue weighted by Crippen LogP contribution is 2.19. The van der Waals surface area contributed by atoms with Crippen molar-refractivity contribution in [1.29, 1.82) is 0 Å². The molecule has 2 aromatic rings. The maximum absolute atomic E-state index is 12.3. The molecule has 9 nitrogen and oxygen atoms in total. The number of amides is 1. The number of hydrogen-bond donors (Lipinski definition) is 1.